The van der Waals surface area contributed by atoms with E-state index >= 15 is 0 Å². The Bertz CT molecular complexity index is 356. The molecule has 2 rings (SSSR count). The molecule has 2 heterocycles. The lowest BCUT2D eigenvalue weighted by Gasteiger charge is -2.16. The molecule has 0 unspecified atom stereocenters. The number of nitrogens with one attached hydrogen (secondary N) is 1. The minimum Gasteiger partial charge on any atom is -0.355 e. The van der Waals surface area contributed by atoms with Gasteiger partial charge in [-0.2, -0.15) is 0 Å². The van der Waals surface area contributed by atoms with E-state index in [0.717, 1.165) is 18.8 Å². The average molecular weight is 247 g/mol. The molecule has 0 aromatic carbocycles. The van der Waals surface area contributed by atoms with E-state index in [4.69, 9.17) is 11.6 Å². The van der Waals surface area contributed by atoms with Crippen LogP contribution in [0.2, 0.25) is 4.34 Å². The van der Waals surface area contributed by atoms with Crippen molar-refractivity contribution in [2.75, 3.05) is 19.6 Å². The fraction of sp³-hybridized carbons (Fsp3) is 0.625. The number of amides is 1. The second-order valence-corrected chi connectivity index (χ2v) is 4.73. The van der Waals surface area contributed by atoms with Gasteiger partial charge in [-0.05, 0) is 0 Å². The van der Waals surface area contributed by atoms with Crippen molar-refractivity contribution in [1.29, 1.82) is 0 Å². The number of nitrogens with zero attached hydrogens (tertiary/aromatic N) is 3. The molecule has 5 nitrogen and oxygen atoms in total. The highest BCUT2D eigenvalue weighted by Crippen LogP contribution is 2.18. The molecular weight excluding hydrogens is 236 g/mol. The van der Waals surface area contributed by atoms with E-state index < -0.39 is 0 Å². The minimum absolute atomic E-state index is 0.111. The summed E-state index contributed by atoms with van der Waals surface area (Å²) in [6.45, 7) is 2.94. The topological polar surface area (TPSA) is 58.1 Å². The molecule has 1 saturated heterocycles. The zero-order chi connectivity index (χ0) is 10.7. The van der Waals surface area contributed by atoms with Crippen molar-refractivity contribution in [2.45, 2.75) is 13.0 Å². The maximum Gasteiger partial charge on any atom is 0.221 e. The summed E-state index contributed by atoms with van der Waals surface area (Å²) in [5.41, 5.74) is 0.802. The number of carbonyl (C=O) groups is 1. The van der Waals surface area contributed by atoms with E-state index in [2.05, 4.69) is 19.8 Å². The Kier molecular flexibility index (Phi) is 3.50. The van der Waals surface area contributed by atoms with Gasteiger partial charge in [-0.25, -0.2) is 0 Å². The van der Waals surface area contributed by atoms with Crippen molar-refractivity contribution in [3.63, 3.8) is 0 Å². The van der Waals surface area contributed by atoms with Gasteiger partial charge in [-0.1, -0.05) is 16.1 Å². The summed E-state index contributed by atoms with van der Waals surface area (Å²) >= 11 is 7.11. The first-order chi connectivity index (χ1) is 7.25. The third kappa shape index (κ3) is 2.87. The van der Waals surface area contributed by atoms with Gasteiger partial charge in [0.15, 0.2) is 0 Å². The summed E-state index contributed by atoms with van der Waals surface area (Å²) in [5.74, 6) is 0.111. The fourth-order valence-corrected chi connectivity index (χ4v) is 2.09. The molecule has 1 aromatic heterocycles. The van der Waals surface area contributed by atoms with Crippen LogP contribution in [0.3, 0.4) is 0 Å². The van der Waals surface area contributed by atoms with Gasteiger partial charge in [0.25, 0.3) is 0 Å². The molecular formula is C8H11ClN4OS. The lowest BCUT2D eigenvalue weighted by Crippen LogP contribution is -2.28. The molecule has 1 N–H and O–H groups in total. The molecule has 0 saturated carbocycles. The zero-order valence-electron chi connectivity index (χ0n) is 8.07. The normalized spacial score (nSPS) is 18.6. The Morgan fingerprint density at radius 1 is 1.53 bits per heavy atom. The first kappa shape index (κ1) is 10.8. The fourth-order valence-electron chi connectivity index (χ4n) is 1.47. The molecule has 0 aliphatic carbocycles. The number of halogens is 1. The number of hydrogen-bond donors (Lipinski definition) is 1. The highest BCUT2D eigenvalue weighted by molar-refractivity contribution is 7.10. The number of hydrogen-bond acceptors (Lipinski definition) is 5. The van der Waals surface area contributed by atoms with Crippen molar-refractivity contribution in [2.24, 2.45) is 0 Å². The zero-order valence-corrected chi connectivity index (χ0v) is 9.64. The van der Waals surface area contributed by atoms with E-state index in [1.165, 1.54) is 11.5 Å². The van der Waals surface area contributed by atoms with Crippen LogP contribution < -0.4 is 5.32 Å². The van der Waals surface area contributed by atoms with Gasteiger partial charge in [-0.3, -0.25) is 9.69 Å². The van der Waals surface area contributed by atoms with Crippen LogP contribution in [0.5, 0.6) is 0 Å². The van der Waals surface area contributed by atoms with Gasteiger partial charge < -0.3 is 5.32 Å². The lowest BCUT2D eigenvalue weighted by atomic mass is 10.3. The smallest absolute Gasteiger partial charge is 0.221 e. The highest BCUT2D eigenvalue weighted by atomic mass is 35.5. The van der Waals surface area contributed by atoms with Crippen LogP contribution in [0.15, 0.2) is 0 Å². The maximum atomic E-state index is 11.1. The Balaban J connectivity index is 1.94. The summed E-state index contributed by atoms with van der Waals surface area (Å²) in [6, 6.07) is 0. The second-order valence-electron chi connectivity index (χ2n) is 3.37. The molecule has 0 bridgehead atoms. The molecule has 1 amide bonds. The summed E-state index contributed by atoms with van der Waals surface area (Å²) < 4.78 is 4.41. The van der Waals surface area contributed by atoms with E-state index in [9.17, 15) is 4.79 Å². The Hall–Kier alpha value is -0.720. The quantitative estimate of drug-likeness (QED) is 0.826. The number of carbonyl (C=O) groups excluding carboxylic acids is 1. The van der Waals surface area contributed by atoms with E-state index in [-0.39, 0.29) is 5.91 Å². The molecule has 7 heteroatoms. The minimum atomic E-state index is 0.111. The summed E-state index contributed by atoms with van der Waals surface area (Å²) in [4.78, 5) is 13.3. The van der Waals surface area contributed by atoms with Gasteiger partial charge >= 0.3 is 0 Å². The molecule has 1 fully saturated rings. The third-order valence-corrected chi connectivity index (χ3v) is 3.27. The van der Waals surface area contributed by atoms with Crippen molar-refractivity contribution in [1.82, 2.24) is 19.8 Å². The summed E-state index contributed by atoms with van der Waals surface area (Å²) in [6.07, 6.45) is 0.537. The van der Waals surface area contributed by atoms with Crippen LogP contribution in [-0.2, 0) is 11.3 Å². The van der Waals surface area contributed by atoms with Crippen molar-refractivity contribution >= 4 is 29.0 Å². The Labute approximate surface area is 96.6 Å². The van der Waals surface area contributed by atoms with E-state index in [1.807, 2.05) is 0 Å². The second kappa shape index (κ2) is 4.87. The number of aromatic nitrogens is 2. The van der Waals surface area contributed by atoms with E-state index in [1.54, 1.807) is 0 Å². The van der Waals surface area contributed by atoms with Crippen LogP contribution in [0.4, 0.5) is 0 Å². The molecule has 1 aliphatic rings. The summed E-state index contributed by atoms with van der Waals surface area (Å²) in [7, 11) is 0. The van der Waals surface area contributed by atoms with Gasteiger partial charge in [0, 0.05) is 44.1 Å². The SMILES string of the molecule is O=C1CCN(Cc2nnsc2Cl)CCN1. The Morgan fingerprint density at radius 3 is 3.13 bits per heavy atom. The molecule has 82 valence electrons. The molecule has 0 spiro atoms. The Morgan fingerprint density at radius 2 is 2.40 bits per heavy atom. The van der Waals surface area contributed by atoms with Gasteiger partial charge in [0.1, 0.15) is 10.0 Å². The molecule has 0 radical (unpaired) electrons. The molecule has 1 aliphatic heterocycles. The van der Waals surface area contributed by atoms with Crippen molar-refractivity contribution < 1.29 is 4.79 Å². The van der Waals surface area contributed by atoms with Crippen LogP contribution in [0.25, 0.3) is 0 Å². The van der Waals surface area contributed by atoms with Crippen molar-refractivity contribution in [3.05, 3.63) is 10.0 Å². The van der Waals surface area contributed by atoms with Gasteiger partial charge in [0.05, 0.1) is 0 Å². The third-order valence-electron chi connectivity index (χ3n) is 2.29. The van der Waals surface area contributed by atoms with Crippen LogP contribution in [0, 0.1) is 0 Å². The maximum absolute atomic E-state index is 11.1. The largest absolute Gasteiger partial charge is 0.355 e. The van der Waals surface area contributed by atoms with Crippen LogP contribution in [0.1, 0.15) is 12.1 Å². The predicted molar refractivity (Wildman–Crippen MR) is 57.8 cm³/mol. The first-order valence-corrected chi connectivity index (χ1v) is 5.86. The first-order valence-electron chi connectivity index (χ1n) is 4.71. The molecule has 15 heavy (non-hydrogen) atoms. The molecule has 1 aromatic rings. The average Bonchev–Trinajstić information content (AvgIpc) is 2.48. The standard InChI is InChI=1S/C8H11ClN4OS/c9-8-6(11-12-15-8)5-13-3-1-7(14)10-2-4-13/h1-5H2,(H,10,14). The highest BCUT2D eigenvalue weighted by Gasteiger charge is 2.16. The lowest BCUT2D eigenvalue weighted by molar-refractivity contribution is -0.120. The predicted octanol–water partition coefficient (Wildman–Crippen LogP) is 0.513. The number of rotatable bonds is 2. The van der Waals surface area contributed by atoms with Crippen molar-refractivity contribution in [3.8, 4) is 0 Å². The van der Waals surface area contributed by atoms with Gasteiger partial charge in [0.2, 0.25) is 5.91 Å². The van der Waals surface area contributed by atoms with Crippen LogP contribution >= 0.6 is 23.1 Å². The molecule has 0 atom stereocenters. The van der Waals surface area contributed by atoms with E-state index in [0.29, 0.717) is 23.8 Å². The monoisotopic (exact) mass is 246 g/mol. The van der Waals surface area contributed by atoms with Gasteiger partial charge in [-0.15, -0.1) is 5.10 Å². The van der Waals surface area contributed by atoms with Crippen LogP contribution in [-0.4, -0.2) is 40.0 Å². The summed E-state index contributed by atoms with van der Waals surface area (Å²) in [5, 5.41) is 6.77.